The molecular weight excluding hydrogens is 268 g/mol. The molecule has 0 saturated carbocycles. The number of hydrogen-bond acceptors (Lipinski definition) is 5. The molecule has 112 valence electrons. The van der Waals surface area contributed by atoms with Crippen LogP contribution in [0.5, 0.6) is 0 Å². The average molecular weight is 288 g/mol. The number of aromatic nitrogens is 4. The number of piperidine rings is 1. The van der Waals surface area contributed by atoms with E-state index in [0.29, 0.717) is 5.65 Å². The number of likely N-dealkylation sites (N-methyl/N-ethyl adjacent to an activating group) is 1. The summed E-state index contributed by atoms with van der Waals surface area (Å²) in [6, 6.07) is 0. The number of amides is 1. The van der Waals surface area contributed by atoms with Gasteiger partial charge in [0.05, 0.1) is 11.6 Å². The quantitative estimate of drug-likeness (QED) is 0.839. The number of likely N-dealkylation sites (tertiary alicyclic amines) is 1. The summed E-state index contributed by atoms with van der Waals surface area (Å²) < 4.78 is 1.69. The number of fused-ring (bicyclic) bond motifs is 1. The first-order valence-corrected chi connectivity index (χ1v) is 7.27. The van der Waals surface area contributed by atoms with Gasteiger partial charge in [-0.2, -0.15) is 5.10 Å². The van der Waals surface area contributed by atoms with Gasteiger partial charge in [0.2, 0.25) is 0 Å². The Balaban J connectivity index is 1.95. The molecule has 1 amide bonds. The molecule has 0 bridgehead atoms. The number of carbonyl (C=O) groups is 1. The third-order valence-electron chi connectivity index (χ3n) is 3.87. The molecule has 1 saturated heterocycles. The zero-order valence-electron chi connectivity index (χ0n) is 12.4. The summed E-state index contributed by atoms with van der Waals surface area (Å²) in [5.41, 5.74) is 0.689. The van der Waals surface area contributed by atoms with E-state index in [9.17, 15) is 4.79 Å². The van der Waals surface area contributed by atoms with Crippen LogP contribution in [0.2, 0.25) is 0 Å². The van der Waals surface area contributed by atoms with Gasteiger partial charge in [0.25, 0.3) is 5.91 Å². The van der Waals surface area contributed by atoms with E-state index in [4.69, 9.17) is 0 Å². The summed E-state index contributed by atoms with van der Waals surface area (Å²) in [5, 5.41) is 5.20. The highest BCUT2D eigenvalue weighted by atomic mass is 16.2. The molecule has 1 fully saturated rings. The van der Waals surface area contributed by atoms with Crippen LogP contribution in [0.4, 0.5) is 0 Å². The zero-order valence-corrected chi connectivity index (χ0v) is 12.4. The molecule has 1 aliphatic rings. The Kier molecular flexibility index (Phi) is 3.83. The van der Waals surface area contributed by atoms with E-state index in [-0.39, 0.29) is 5.91 Å². The lowest BCUT2D eigenvalue weighted by atomic mass is 10.1. The molecule has 1 aliphatic heterocycles. The van der Waals surface area contributed by atoms with Crippen LogP contribution in [0.15, 0.2) is 18.7 Å². The zero-order chi connectivity index (χ0) is 14.8. The van der Waals surface area contributed by atoms with E-state index < -0.39 is 6.17 Å². The van der Waals surface area contributed by atoms with Gasteiger partial charge in [0.15, 0.2) is 11.8 Å². The van der Waals surface area contributed by atoms with Crippen LogP contribution in [0.3, 0.4) is 0 Å². The molecule has 0 aromatic carbocycles. The van der Waals surface area contributed by atoms with Crippen LogP contribution < -0.4 is 0 Å². The van der Waals surface area contributed by atoms with Crippen LogP contribution in [0.25, 0.3) is 11.0 Å². The molecule has 2 aromatic rings. The number of carbonyl (C=O) groups excluding carboxylic acids is 1. The molecule has 1 unspecified atom stereocenters. The number of nitrogens with zero attached hydrogens (tertiary/aromatic N) is 6. The maximum Gasteiger partial charge on any atom is 0.262 e. The summed E-state index contributed by atoms with van der Waals surface area (Å²) in [5.74, 6) is 0.0864. The Hall–Kier alpha value is -2.02. The Labute approximate surface area is 123 Å². The molecule has 21 heavy (non-hydrogen) atoms. The van der Waals surface area contributed by atoms with Crippen molar-refractivity contribution in [2.75, 3.05) is 27.2 Å². The first kappa shape index (κ1) is 13.9. The molecule has 0 radical (unpaired) electrons. The molecule has 0 N–H and O–H groups in total. The Bertz CT molecular complexity index is 631. The van der Waals surface area contributed by atoms with Crippen molar-refractivity contribution in [2.45, 2.75) is 25.4 Å². The lowest BCUT2D eigenvalue weighted by Crippen LogP contribution is -2.45. The lowest BCUT2D eigenvalue weighted by molar-refractivity contribution is -0.140. The Morgan fingerprint density at radius 2 is 2.00 bits per heavy atom. The second kappa shape index (κ2) is 5.77. The summed E-state index contributed by atoms with van der Waals surface area (Å²) in [6.07, 6.45) is 7.80. The molecule has 3 rings (SSSR count). The van der Waals surface area contributed by atoms with Crippen LogP contribution in [-0.4, -0.2) is 62.6 Å². The van der Waals surface area contributed by atoms with E-state index in [1.807, 2.05) is 23.9 Å². The highest BCUT2D eigenvalue weighted by Crippen LogP contribution is 2.20. The minimum Gasteiger partial charge on any atom is -0.340 e. The molecule has 2 aromatic heterocycles. The van der Waals surface area contributed by atoms with Crippen molar-refractivity contribution < 1.29 is 4.79 Å². The van der Waals surface area contributed by atoms with Crippen molar-refractivity contribution in [3.63, 3.8) is 0 Å². The largest absolute Gasteiger partial charge is 0.340 e. The highest BCUT2D eigenvalue weighted by molar-refractivity contribution is 5.82. The molecular formula is C14H20N6O. The lowest BCUT2D eigenvalue weighted by Gasteiger charge is -2.33. The van der Waals surface area contributed by atoms with E-state index in [1.54, 1.807) is 17.1 Å². The van der Waals surface area contributed by atoms with Crippen LogP contribution in [-0.2, 0) is 4.79 Å². The van der Waals surface area contributed by atoms with Crippen LogP contribution >= 0.6 is 0 Å². The predicted octanol–water partition coefficient (Wildman–Crippen LogP) is 0.899. The SMILES string of the molecule is CN(C)C(C(=O)N1CCCCC1)n1ncc2cncnc21. The third-order valence-corrected chi connectivity index (χ3v) is 3.87. The van der Waals surface area contributed by atoms with Crippen molar-refractivity contribution in [2.24, 2.45) is 0 Å². The average Bonchev–Trinajstić information content (AvgIpc) is 2.92. The van der Waals surface area contributed by atoms with Gasteiger partial charge in [-0.05, 0) is 33.4 Å². The van der Waals surface area contributed by atoms with Crippen LogP contribution in [0.1, 0.15) is 25.4 Å². The normalized spacial score (nSPS) is 17.4. The van der Waals surface area contributed by atoms with Crippen molar-refractivity contribution >= 4 is 16.9 Å². The third kappa shape index (κ3) is 2.61. The molecule has 7 heteroatoms. The summed E-state index contributed by atoms with van der Waals surface area (Å²) >= 11 is 0. The predicted molar refractivity (Wildman–Crippen MR) is 78.5 cm³/mol. The number of rotatable bonds is 3. The van der Waals surface area contributed by atoms with E-state index >= 15 is 0 Å². The monoisotopic (exact) mass is 288 g/mol. The topological polar surface area (TPSA) is 67.2 Å². The van der Waals surface area contributed by atoms with Gasteiger partial charge in [-0.15, -0.1) is 0 Å². The van der Waals surface area contributed by atoms with Gasteiger partial charge in [-0.25, -0.2) is 14.6 Å². The fourth-order valence-electron chi connectivity index (χ4n) is 2.80. The van der Waals surface area contributed by atoms with Gasteiger partial charge in [-0.3, -0.25) is 9.69 Å². The first-order chi connectivity index (χ1) is 10.2. The standard InChI is InChI=1S/C14H20N6O/c1-18(2)13(14(21)19-6-4-3-5-7-19)20-12-11(9-17-20)8-15-10-16-12/h8-10,13H,3-7H2,1-2H3. The first-order valence-electron chi connectivity index (χ1n) is 7.27. The molecule has 7 nitrogen and oxygen atoms in total. The summed E-state index contributed by atoms with van der Waals surface area (Å²) in [6.45, 7) is 1.66. The van der Waals surface area contributed by atoms with Gasteiger partial charge in [-0.1, -0.05) is 0 Å². The smallest absolute Gasteiger partial charge is 0.262 e. The summed E-state index contributed by atoms with van der Waals surface area (Å²) in [7, 11) is 3.78. The minimum absolute atomic E-state index is 0.0864. The van der Waals surface area contributed by atoms with Gasteiger partial charge in [0.1, 0.15) is 6.33 Å². The number of hydrogen-bond donors (Lipinski definition) is 0. The summed E-state index contributed by atoms with van der Waals surface area (Å²) in [4.78, 5) is 24.9. The van der Waals surface area contributed by atoms with Gasteiger partial charge >= 0.3 is 0 Å². The van der Waals surface area contributed by atoms with Crippen molar-refractivity contribution in [1.29, 1.82) is 0 Å². The van der Waals surface area contributed by atoms with Gasteiger partial charge in [0, 0.05) is 19.3 Å². The minimum atomic E-state index is -0.463. The molecule has 0 spiro atoms. The molecule has 0 aliphatic carbocycles. The fraction of sp³-hybridized carbons (Fsp3) is 0.571. The molecule has 3 heterocycles. The van der Waals surface area contributed by atoms with Crippen molar-refractivity contribution in [1.82, 2.24) is 29.5 Å². The Morgan fingerprint density at radius 1 is 1.24 bits per heavy atom. The van der Waals surface area contributed by atoms with E-state index in [0.717, 1.165) is 31.3 Å². The Morgan fingerprint density at radius 3 is 2.71 bits per heavy atom. The molecule has 1 atom stereocenters. The van der Waals surface area contributed by atoms with Gasteiger partial charge < -0.3 is 4.90 Å². The van der Waals surface area contributed by atoms with Crippen molar-refractivity contribution in [3.05, 3.63) is 18.7 Å². The second-order valence-electron chi connectivity index (χ2n) is 5.61. The van der Waals surface area contributed by atoms with E-state index in [2.05, 4.69) is 15.1 Å². The maximum absolute atomic E-state index is 12.9. The maximum atomic E-state index is 12.9. The van der Waals surface area contributed by atoms with E-state index in [1.165, 1.54) is 12.7 Å². The van der Waals surface area contributed by atoms with Crippen LogP contribution in [0, 0.1) is 0 Å². The second-order valence-corrected chi connectivity index (χ2v) is 5.61. The fourth-order valence-corrected chi connectivity index (χ4v) is 2.80. The highest BCUT2D eigenvalue weighted by Gasteiger charge is 2.30. The van der Waals surface area contributed by atoms with Crippen molar-refractivity contribution in [3.8, 4) is 0 Å².